The number of ether oxygens (including phenoxy) is 1. The summed E-state index contributed by atoms with van der Waals surface area (Å²) in [7, 11) is -3.75. The van der Waals surface area contributed by atoms with Gasteiger partial charge in [0.25, 0.3) is 5.91 Å². The number of thioether (sulfide) groups is 1. The molecule has 2 aromatic heterocycles. The third-order valence-corrected chi connectivity index (χ3v) is 9.48. The molecule has 12 heteroatoms. The molecular formula is C25H33N5O5S2. The van der Waals surface area contributed by atoms with Gasteiger partial charge in [-0.3, -0.25) is 9.52 Å². The maximum Gasteiger partial charge on any atom is 0.260 e. The zero-order valence-corrected chi connectivity index (χ0v) is 22.5. The molecule has 200 valence electrons. The topological polar surface area (TPSA) is 134 Å². The maximum absolute atomic E-state index is 13.4. The first kappa shape index (κ1) is 26.1. The van der Waals surface area contributed by atoms with Gasteiger partial charge in [-0.15, -0.1) is 11.8 Å². The van der Waals surface area contributed by atoms with Crippen LogP contribution >= 0.6 is 11.8 Å². The van der Waals surface area contributed by atoms with Crippen LogP contribution in [-0.4, -0.2) is 67.2 Å². The minimum absolute atomic E-state index is 0.116. The molecule has 2 aliphatic carbocycles. The lowest BCUT2D eigenvalue weighted by atomic mass is 9.93. The van der Waals surface area contributed by atoms with Gasteiger partial charge in [-0.25, -0.2) is 13.4 Å². The highest BCUT2D eigenvalue weighted by Crippen LogP contribution is 2.54. The van der Waals surface area contributed by atoms with E-state index in [0.29, 0.717) is 28.4 Å². The average Bonchev–Trinajstić information content (AvgIpc) is 3.60. The number of hydrogen-bond donors (Lipinski definition) is 3. The second-order valence-corrected chi connectivity index (χ2v) is 12.7. The summed E-state index contributed by atoms with van der Waals surface area (Å²) < 4.78 is 32.8. The quantitative estimate of drug-likeness (QED) is 0.382. The first-order chi connectivity index (χ1) is 17.8. The summed E-state index contributed by atoms with van der Waals surface area (Å²) in [6.45, 7) is 1.08. The zero-order valence-electron chi connectivity index (χ0n) is 20.9. The van der Waals surface area contributed by atoms with E-state index in [1.54, 1.807) is 23.9 Å². The van der Waals surface area contributed by atoms with Crippen molar-refractivity contribution in [2.75, 3.05) is 46.6 Å². The van der Waals surface area contributed by atoms with E-state index in [1.807, 2.05) is 12.3 Å². The highest BCUT2D eigenvalue weighted by Gasteiger charge is 2.44. The number of nitrogens with zero attached hydrogens (tertiary/aromatic N) is 3. The Morgan fingerprint density at radius 2 is 1.97 bits per heavy atom. The van der Waals surface area contributed by atoms with Gasteiger partial charge in [0.2, 0.25) is 15.9 Å². The molecule has 10 nitrogen and oxygen atoms in total. The summed E-state index contributed by atoms with van der Waals surface area (Å²) in [6.07, 6.45) is 11.3. The number of pyridine rings is 2. The molecule has 0 radical (unpaired) electrons. The van der Waals surface area contributed by atoms with E-state index in [4.69, 9.17) is 9.84 Å². The van der Waals surface area contributed by atoms with E-state index in [-0.39, 0.29) is 17.8 Å². The Morgan fingerprint density at radius 3 is 2.59 bits per heavy atom. The Bertz CT molecular complexity index is 1250. The van der Waals surface area contributed by atoms with Gasteiger partial charge in [-0.1, -0.05) is 0 Å². The summed E-state index contributed by atoms with van der Waals surface area (Å²) in [4.78, 5) is 25.2. The summed E-state index contributed by atoms with van der Waals surface area (Å²) in [6, 6.07) is 5.24. The number of rotatable bonds is 10. The van der Waals surface area contributed by atoms with Crippen LogP contribution < -0.4 is 19.7 Å². The van der Waals surface area contributed by atoms with Crippen LogP contribution in [-0.2, 0) is 10.0 Å². The number of aliphatic hydroxyl groups excluding tert-OH is 1. The van der Waals surface area contributed by atoms with E-state index < -0.39 is 22.4 Å². The predicted octanol–water partition coefficient (Wildman–Crippen LogP) is 3.50. The number of aromatic nitrogens is 2. The number of carbonyl (C=O) groups excluding carboxylic acids is 1. The smallest absolute Gasteiger partial charge is 0.260 e. The van der Waals surface area contributed by atoms with Gasteiger partial charge < -0.3 is 20.1 Å². The van der Waals surface area contributed by atoms with Crippen molar-refractivity contribution in [2.45, 2.75) is 55.9 Å². The fraction of sp³-hybridized carbons (Fsp3) is 0.560. The largest absolute Gasteiger partial charge is 0.474 e. The Kier molecular flexibility index (Phi) is 7.51. The molecule has 2 saturated carbocycles. The predicted molar refractivity (Wildman–Crippen MR) is 144 cm³/mol. The van der Waals surface area contributed by atoms with Crippen molar-refractivity contribution >= 4 is 45.0 Å². The number of amides is 1. The Morgan fingerprint density at radius 1 is 1.22 bits per heavy atom. The van der Waals surface area contributed by atoms with Gasteiger partial charge in [0.05, 0.1) is 28.5 Å². The molecule has 1 amide bonds. The monoisotopic (exact) mass is 547 g/mol. The van der Waals surface area contributed by atoms with E-state index in [0.717, 1.165) is 50.1 Å². The average molecular weight is 548 g/mol. The number of carbonyl (C=O) groups is 1. The molecule has 1 spiro atoms. The lowest BCUT2D eigenvalue weighted by molar-refractivity contribution is 0.102. The first-order valence-corrected chi connectivity index (χ1v) is 15.6. The van der Waals surface area contributed by atoms with Crippen LogP contribution in [0.5, 0.6) is 5.88 Å². The summed E-state index contributed by atoms with van der Waals surface area (Å²) >= 11 is 1.54. The first-order valence-electron chi connectivity index (χ1n) is 12.7. The number of anilines is 3. The number of piperidine rings is 1. The highest BCUT2D eigenvalue weighted by molar-refractivity contribution is 7.98. The minimum Gasteiger partial charge on any atom is -0.474 e. The molecule has 3 aliphatic rings. The molecule has 0 aromatic carbocycles. The van der Waals surface area contributed by atoms with Crippen LogP contribution in [0.4, 0.5) is 17.3 Å². The Balaban J connectivity index is 1.39. The van der Waals surface area contributed by atoms with Gasteiger partial charge in [-0.05, 0) is 68.7 Å². The SMILES string of the molecule is CSc1ccc(NC(=O)c2cnc(NS(=O)(=O)CCO)cc2N2CCC3(CC2)CC3)nc1OC1CCC1. The Labute approximate surface area is 221 Å². The molecule has 2 aromatic rings. The van der Waals surface area contributed by atoms with Crippen molar-refractivity contribution in [1.29, 1.82) is 0 Å². The third kappa shape index (κ3) is 6.12. The van der Waals surface area contributed by atoms with E-state index in [2.05, 4.69) is 24.9 Å². The molecule has 0 atom stereocenters. The van der Waals surface area contributed by atoms with E-state index in [9.17, 15) is 13.2 Å². The second kappa shape index (κ2) is 10.7. The Hall–Kier alpha value is -2.57. The fourth-order valence-corrected chi connectivity index (χ4v) is 5.98. The van der Waals surface area contributed by atoms with Crippen molar-refractivity contribution in [3.05, 3.63) is 30.0 Å². The van der Waals surface area contributed by atoms with Gasteiger partial charge >= 0.3 is 0 Å². The normalized spacial score (nSPS) is 18.8. The number of hydrogen-bond acceptors (Lipinski definition) is 9. The van der Waals surface area contributed by atoms with Crippen molar-refractivity contribution in [2.24, 2.45) is 5.41 Å². The summed E-state index contributed by atoms with van der Waals surface area (Å²) in [5, 5.41) is 11.9. The highest BCUT2D eigenvalue weighted by atomic mass is 32.2. The molecule has 3 fully saturated rings. The van der Waals surface area contributed by atoms with Crippen LogP contribution in [0.15, 0.2) is 29.3 Å². The standard InChI is InChI=1S/C25H33N5O5S2/c1-36-20-5-6-21(28-24(20)35-17-3-2-4-17)27-23(32)18-16-26-22(29-37(33,34)14-13-31)15-19(18)30-11-9-25(7-8-25)10-12-30/h5-6,15-17,31H,2-4,7-14H2,1H3,(H,26,29)(H,27,28,32). The molecule has 1 saturated heterocycles. The number of aliphatic hydroxyl groups is 1. The lowest BCUT2D eigenvalue weighted by Crippen LogP contribution is -2.36. The maximum atomic E-state index is 13.4. The van der Waals surface area contributed by atoms with Gasteiger partial charge in [0.1, 0.15) is 17.7 Å². The van der Waals surface area contributed by atoms with Crippen molar-refractivity contribution in [1.82, 2.24) is 9.97 Å². The number of nitrogens with one attached hydrogen (secondary N) is 2. The molecule has 0 unspecified atom stereocenters. The van der Waals surface area contributed by atoms with Crippen LogP contribution in [0.3, 0.4) is 0 Å². The van der Waals surface area contributed by atoms with Gasteiger partial charge in [0.15, 0.2) is 0 Å². The van der Waals surface area contributed by atoms with Crippen molar-refractivity contribution in [3.8, 4) is 5.88 Å². The van der Waals surface area contributed by atoms with E-state index in [1.165, 1.54) is 19.0 Å². The van der Waals surface area contributed by atoms with Gasteiger partial charge in [-0.2, -0.15) is 4.98 Å². The molecule has 3 N–H and O–H groups in total. The molecule has 5 rings (SSSR count). The molecule has 3 heterocycles. The van der Waals surface area contributed by atoms with Crippen molar-refractivity contribution < 1.29 is 23.1 Å². The minimum atomic E-state index is -3.75. The van der Waals surface area contributed by atoms with Crippen LogP contribution in [0.1, 0.15) is 55.3 Å². The third-order valence-electron chi connectivity index (χ3n) is 7.49. The van der Waals surface area contributed by atoms with Crippen LogP contribution in [0, 0.1) is 5.41 Å². The van der Waals surface area contributed by atoms with E-state index >= 15 is 0 Å². The molecule has 0 bridgehead atoms. The lowest BCUT2D eigenvalue weighted by Gasteiger charge is -2.35. The van der Waals surface area contributed by atoms with Crippen LogP contribution in [0.25, 0.3) is 0 Å². The summed E-state index contributed by atoms with van der Waals surface area (Å²) in [5.74, 6) is 0.212. The van der Waals surface area contributed by atoms with Gasteiger partial charge in [0, 0.05) is 25.4 Å². The zero-order chi connectivity index (χ0) is 26.0. The number of sulfonamides is 1. The van der Waals surface area contributed by atoms with Crippen LogP contribution in [0.2, 0.25) is 0 Å². The molecular weight excluding hydrogens is 514 g/mol. The fourth-order valence-electron chi connectivity index (χ4n) is 4.73. The van der Waals surface area contributed by atoms with Crippen molar-refractivity contribution in [3.63, 3.8) is 0 Å². The molecule has 1 aliphatic heterocycles. The summed E-state index contributed by atoms with van der Waals surface area (Å²) in [5.41, 5.74) is 1.41. The second-order valence-electron chi connectivity index (χ2n) is 10.0. The molecule has 37 heavy (non-hydrogen) atoms.